The van der Waals surface area contributed by atoms with Crippen LogP contribution >= 0.6 is 11.3 Å². The summed E-state index contributed by atoms with van der Waals surface area (Å²) in [6.45, 7) is 3.75. The maximum Gasteiger partial charge on any atom is 0.258 e. The van der Waals surface area contributed by atoms with Gasteiger partial charge in [0.2, 0.25) is 0 Å². The SMILES string of the molecule is Cc1nc(S(=O)(=O)NC[C@@H](F)C(C)(C)O)cs1. The zero-order chi connectivity index (χ0) is 13.3. The number of nitrogens with one attached hydrogen (secondary N) is 1. The minimum atomic E-state index is -3.80. The molecule has 5 nitrogen and oxygen atoms in total. The van der Waals surface area contributed by atoms with Crippen LogP contribution in [-0.4, -0.2) is 36.8 Å². The molecule has 0 aliphatic heterocycles. The molecule has 0 radical (unpaired) electrons. The average Bonchev–Trinajstić information content (AvgIpc) is 2.60. The van der Waals surface area contributed by atoms with E-state index in [2.05, 4.69) is 9.71 Å². The highest BCUT2D eigenvalue weighted by Crippen LogP contribution is 2.15. The molecule has 0 aromatic carbocycles. The lowest BCUT2D eigenvalue weighted by Crippen LogP contribution is -2.42. The van der Waals surface area contributed by atoms with Gasteiger partial charge in [0.05, 0.1) is 10.6 Å². The van der Waals surface area contributed by atoms with Gasteiger partial charge in [0.15, 0.2) is 5.03 Å². The zero-order valence-corrected chi connectivity index (χ0v) is 11.4. The Kier molecular flexibility index (Phi) is 4.23. The first kappa shape index (κ1) is 14.5. The highest BCUT2D eigenvalue weighted by atomic mass is 32.2. The number of nitrogens with zero attached hydrogens (tertiary/aromatic N) is 1. The van der Waals surface area contributed by atoms with E-state index in [1.54, 1.807) is 6.92 Å². The number of alkyl halides is 1. The van der Waals surface area contributed by atoms with Crippen molar-refractivity contribution >= 4 is 21.4 Å². The highest BCUT2D eigenvalue weighted by Gasteiger charge is 2.28. The minimum Gasteiger partial charge on any atom is -0.387 e. The van der Waals surface area contributed by atoms with Crippen LogP contribution in [0.15, 0.2) is 10.4 Å². The van der Waals surface area contributed by atoms with Crippen LogP contribution in [0.4, 0.5) is 4.39 Å². The molecule has 0 fully saturated rings. The monoisotopic (exact) mass is 282 g/mol. The Bertz CT molecular complexity index is 479. The summed E-state index contributed by atoms with van der Waals surface area (Å²) in [5.41, 5.74) is -1.58. The van der Waals surface area contributed by atoms with Gasteiger partial charge in [-0.1, -0.05) is 0 Å². The largest absolute Gasteiger partial charge is 0.387 e. The number of aliphatic hydroxyl groups is 1. The zero-order valence-electron chi connectivity index (χ0n) is 9.77. The molecule has 1 aromatic heterocycles. The van der Waals surface area contributed by atoms with Crippen LogP contribution in [0.25, 0.3) is 0 Å². The Hall–Kier alpha value is -0.570. The van der Waals surface area contributed by atoms with Gasteiger partial charge in [0.25, 0.3) is 10.0 Å². The fraction of sp³-hybridized carbons (Fsp3) is 0.667. The second-order valence-corrected chi connectivity index (χ2v) is 6.95. The Morgan fingerprint density at radius 3 is 2.65 bits per heavy atom. The molecule has 0 bridgehead atoms. The fourth-order valence-corrected chi connectivity index (χ4v) is 2.93. The normalized spacial score (nSPS) is 14.9. The summed E-state index contributed by atoms with van der Waals surface area (Å²) in [5.74, 6) is 0. The Labute approximate surface area is 104 Å². The summed E-state index contributed by atoms with van der Waals surface area (Å²) in [4.78, 5) is 3.81. The van der Waals surface area contributed by atoms with Crippen molar-refractivity contribution in [3.05, 3.63) is 10.4 Å². The van der Waals surface area contributed by atoms with Crippen molar-refractivity contribution in [3.63, 3.8) is 0 Å². The quantitative estimate of drug-likeness (QED) is 0.838. The Balaban J connectivity index is 2.69. The average molecular weight is 282 g/mol. The smallest absolute Gasteiger partial charge is 0.258 e. The molecule has 1 heterocycles. The molecule has 0 spiro atoms. The lowest BCUT2D eigenvalue weighted by molar-refractivity contribution is -0.0000682. The van der Waals surface area contributed by atoms with Crippen LogP contribution in [0, 0.1) is 6.92 Å². The molecule has 0 unspecified atom stereocenters. The summed E-state index contributed by atoms with van der Waals surface area (Å²) in [6.07, 6.45) is -1.68. The molecule has 1 rings (SSSR count). The van der Waals surface area contributed by atoms with Gasteiger partial charge >= 0.3 is 0 Å². The Morgan fingerprint density at radius 1 is 1.65 bits per heavy atom. The first-order chi connectivity index (χ1) is 7.63. The number of sulfonamides is 1. The van der Waals surface area contributed by atoms with Gasteiger partial charge in [-0.15, -0.1) is 11.3 Å². The van der Waals surface area contributed by atoms with Crippen LogP contribution in [0.1, 0.15) is 18.9 Å². The summed E-state index contributed by atoms with van der Waals surface area (Å²) in [6, 6.07) is 0. The van der Waals surface area contributed by atoms with E-state index in [0.717, 1.165) is 0 Å². The molecule has 0 amide bonds. The van der Waals surface area contributed by atoms with Gasteiger partial charge in [-0.3, -0.25) is 0 Å². The second-order valence-electron chi connectivity index (χ2n) is 4.18. The van der Waals surface area contributed by atoms with Crippen molar-refractivity contribution in [3.8, 4) is 0 Å². The highest BCUT2D eigenvalue weighted by molar-refractivity contribution is 7.89. The number of aryl methyl sites for hydroxylation is 1. The predicted octanol–water partition coefficient (Wildman–Crippen LogP) is 0.839. The molecule has 0 saturated carbocycles. The fourth-order valence-electron chi connectivity index (χ4n) is 0.974. The van der Waals surface area contributed by atoms with Gasteiger partial charge in [0.1, 0.15) is 6.17 Å². The van der Waals surface area contributed by atoms with E-state index in [4.69, 9.17) is 0 Å². The minimum absolute atomic E-state index is 0.122. The molecular weight excluding hydrogens is 267 g/mol. The standard InChI is InChI=1S/C9H15FN2O3S2/c1-6-12-8(5-16-6)17(14,15)11-4-7(10)9(2,3)13/h5,7,11,13H,4H2,1-3H3/t7-/m1/s1. The molecule has 17 heavy (non-hydrogen) atoms. The molecular formula is C9H15FN2O3S2. The lowest BCUT2D eigenvalue weighted by atomic mass is 10.0. The second kappa shape index (κ2) is 4.97. The number of hydrogen-bond donors (Lipinski definition) is 2. The maximum atomic E-state index is 13.4. The van der Waals surface area contributed by atoms with Crippen molar-refractivity contribution in [2.24, 2.45) is 0 Å². The van der Waals surface area contributed by atoms with Crippen LogP contribution in [0.2, 0.25) is 0 Å². The van der Waals surface area contributed by atoms with Gasteiger partial charge in [0, 0.05) is 11.9 Å². The van der Waals surface area contributed by atoms with Crippen molar-refractivity contribution < 1.29 is 17.9 Å². The first-order valence-electron chi connectivity index (χ1n) is 4.91. The molecule has 0 saturated heterocycles. The first-order valence-corrected chi connectivity index (χ1v) is 7.27. The van der Waals surface area contributed by atoms with E-state index in [0.29, 0.717) is 5.01 Å². The van der Waals surface area contributed by atoms with E-state index in [1.807, 2.05) is 0 Å². The van der Waals surface area contributed by atoms with E-state index >= 15 is 0 Å². The number of hydrogen-bond acceptors (Lipinski definition) is 5. The number of halogens is 1. The van der Waals surface area contributed by atoms with Gasteiger partial charge in [-0.2, -0.15) is 0 Å². The van der Waals surface area contributed by atoms with Gasteiger partial charge < -0.3 is 5.11 Å². The van der Waals surface area contributed by atoms with Crippen molar-refractivity contribution in [2.75, 3.05) is 6.54 Å². The molecule has 0 aliphatic rings. The van der Waals surface area contributed by atoms with E-state index in [-0.39, 0.29) is 5.03 Å². The summed E-state index contributed by atoms with van der Waals surface area (Å²) < 4.78 is 38.8. The topological polar surface area (TPSA) is 79.3 Å². The van der Waals surface area contributed by atoms with Gasteiger partial charge in [-0.05, 0) is 20.8 Å². The predicted molar refractivity (Wildman–Crippen MR) is 63.2 cm³/mol. The summed E-state index contributed by atoms with van der Waals surface area (Å²) >= 11 is 1.20. The lowest BCUT2D eigenvalue weighted by Gasteiger charge is -2.22. The summed E-state index contributed by atoms with van der Waals surface area (Å²) in [7, 11) is -3.80. The third-order valence-electron chi connectivity index (χ3n) is 2.09. The number of thiazole rings is 1. The van der Waals surface area contributed by atoms with E-state index in [1.165, 1.54) is 30.6 Å². The molecule has 1 atom stereocenters. The van der Waals surface area contributed by atoms with Gasteiger partial charge in [-0.25, -0.2) is 22.5 Å². The van der Waals surface area contributed by atoms with Crippen LogP contribution in [0.5, 0.6) is 0 Å². The van der Waals surface area contributed by atoms with Crippen LogP contribution < -0.4 is 4.72 Å². The third kappa shape index (κ3) is 3.98. The van der Waals surface area contributed by atoms with Crippen LogP contribution in [0.3, 0.4) is 0 Å². The number of aromatic nitrogens is 1. The Morgan fingerprint density at radius 2 is 2.24 bits per heavy atom. The molecule has 0 aliphatic carbocycles. The van der Waals surface area contributed by atoms with E-state index in [9.17, 15) is 17.9 Å². The van der Waals surface area contributed by atoms with Crippen LogP contribution in [-0.2, 0) is 10.0 Å². The van der Waals surface area contributed by atoms with Crippen molar-refractivity contribution in [2.45, 2.75) is 37.6 Å². The molecule has 98 valence electrons. The maximum absolute atomic E-state index is 13.4. The molecule has 8 heteroatoms. The molecule has 2 N–H and O–H groups in total. The van der Waals surface area contributed by atoms with Crippen molar-refractivity contribution in [1.82, 2.24) is 9.71 Å². The third-order valence-corrected chi connectivity index (χ3v) is 4.32. The van der Waals surface area contributed by atoms with Crippen molar-refractivity contribution in [1.29, 1.82) is 0 Å². The van der Waals surface area contributed by atoms with E-state index < -0.39 is 28.3 Å². The number of rotatable bonds is 5. The summed E-state index contributed by atoms with van der Waals surface area (Å²) in [5, 5.41) is 11.2. The molecule has 1 aromatic rings.